The minimum absolute atomic E-state index is 0.0355. The van der Waals surface area contributed by atoms with Crippen LogP contribution in [0.25, 0.3) is 0 Å². The summed E-state index contributed by atoms with van der Waals surface area (Å²) >= 11 is 0. The van der Waals surface area contributed by atoms with E-state index in [1.807, 2.05) is 27.7 Å². The molecule has 3 atom stereocenters. The molecule has 1 aliphatic heterocycles. The van der Waals surface area contributed by atoms with Crippen molar-refractivity contribution in [2.45, 2.75) is 84.6 Å². The highest BCUT2D eigenvalue weighted by atomic mass is 16.8. The van der Waals surface area contributed by atoms with Crippen molar-refractivity contribution >= 4 is 0 Å². The highest BCUT2D eigenvalue weighted by Gasteiger charge is 2.41. The summed E-state index contributed by atoms with van der Waals surface area (Å²) in [6.07, 6.45) is 0.698. The summed E-state index contributed by atoms with van der Waals surface area (Å²) in [4.78, 5) is 0. The molecule has 0 bridgehead atoms. The first kappa shape index (κ1) is 18.6. The van der Waals surface area contributed by atoms with Crippen LogP contribution in [-0.2, 0) is 18.9 Å². The van der Waals surface area contributed by atoms with Gasteiger partial charge in [-0.3, -0.25) is 0 Å². The van der Waals surface area contributed by atoms with Crippen molar-refractivity contribution in [3.63, 3.8) is 0 Å². The molecule has 0 amide bonds. The third-order valence-corrected chi connectivity index (χ3v) is 3.42. The van der Waals surface area contributed by atoms with Crippen LogP contribution in [0.4, 0.5) is 0 Å². The fraction of sp³-hybridized carbons (Fsp3) is 0.882. The lowest BCUT2D eigenvalue weighted by Gasteiger charge is -2.31. The average molecular weight is 300 g/mol. The van der Waals surface area contributed by atoms with Gasteiger partial charge in [0.05, 0.1) is 24.4 Å². The third-order valence-electron chi connectivity index (χ3n) is 3.42. The fourth-order valence-corrected chi connectivity index (χ4v) is 1.77. The SMILES string of the molecule is C=C(C)C1OC1OCC(COC(C)(C)C)OC(C)(C)CC. The monoisotopic (exact) mass is 300 g/mol. The van der Waals surface area contributed by atoms with E-state index in [4.69, 9.17) is 18.9 Å². The molecule has 1 aliphatic rings. The Morgan fingerprint density at radius 3 is 2.24 bits per heavy atom. The first-order chi connectivity index (χ1) is 9.54. The van der Waals surface area contributed by atoms with Gasteiger partial charge in [-0.2, -0.15) is 0 Å². The maximum absolute atomic E-state index is 6.13. The average Bonchev–Trinajstić information content (AvgIpc) is 3.11. The predicted molar refractivity (Wildman–Crippen MR) is 84.4 cm³/mol. The van der Waals surface area contributed by atoms with Crippen LogP contribution in [0, 0.1) is 0 Å². The molecule has 0 radical (unpaired) electrons. The molecule has 4 nitrogen and oxygen atoms in total. The lowest BCUT2D eigenvalue weighted by Crippen LogP contribution is -2.38. The molecule has 0 aromatic heterocycles. The molecule has 0 aliphatic carbocycles. The van der Waals surface area contributed by atoms with Gasteiger partial charge >= 0.3 is 0 Å². The minimum atomic E-state index is -0.187. The number of hydrogen-bond donors (Lipinski definition) is 0. The topological polar surface area (TPSA) is 40.2 Å². The first-order valence-electron chi connectivity index (χ1n) is 7.78. The second kappa shape index (κ2) is 7.23. The Kier molecular flexibility index (Phi) is 6.41. The maximum Gasteiger partial charge on any atom is 0.188 e. The molecule has 3 unspecified atom stereocenters. The normalized spacial score (nSPS) is 24.0. The quantitative estimate of drug-likeness (QED) is 0.481. The second-order valence-electron chi connectivity index (χ2n) is 7.38. The van der Waals surface area contributed by atoms with Gasteiger partial charge in [-0.15, -0.1) is 0 Å². The number of hydrogen-bond acceptors (Lipinski definition) is 4. The molecule has 1 saturated heterocycles. The molecular formula is C17H32O4. The molecule has 0 aromatic rings. The molecule has 1 heterocycles. The van der Waals surface area contributed by atoms with Gasteiger partial charge in [0.1, 0.15) is 12.2 Å². The summed E-state index contributed by atoms with van der Waals surface area (Å²) in [6.45, 7) is 19.2. The number of rotatable bonds is 9. The maximum atomic E-state index is 6.13. The van der Waals surface area contributed by atoms with Crippen molar-refractivity contribution in [1.82, 2.24) is 0 Å². The highest BCUT2D eigenvalue weighted by molar-refractivity contribution is 5.06. The van der Waals surface area contributed by atoms with Crippen LogP contribution >= 0.6 is 0 Å². The van der Waals surface area contributed by atoms with Gasteiger partial charge < -0.3 is 18.9 Å². The third kappa shape index (κ3) is 7.41. The van der Waals surface area contributed by atoms with Crippen LogP contribution in [0.5, 0.6) is 0 Å². The number of ether oxygens (including phenoxy) is 4. The van der Waals surface area contributed by atoms with Crippen molar-refractivity contribution in [2.75, 3.05) is 13.2 Å². The summed E-state index contributed by atoms with van der Waals surface area (Å²) in [5.74, 6) is 0. The summed E-state index contributed by atoms with van der Waals surface area (Å²) in [6, 6.07) is 0. The molecule has 21 heavy (non-hydrogen) atoms. The van der Waals surface area contributed by atoms with Gasteiger partial charge in [-0.25, -0.2) is 0 Å². The van der Waals surface area contributed by atoms with E-state index in [-0.39, 0.29) is 29.7 Å². The second-order valence-corrected chi connectivity index (χ2v) is 7.38. The molecule has 0 N–H and O–H groups in total. The zero-order valence-corrected chi connectivity index (χ0v) is 14.7. The Labute approximate surface area is 129 Å². The van der Waals surface area contributed by atoms with Crippen LogP contribution < -0.4 is 0 Å². The van der Waals surface area contributed by atoms with Crippen molar-refractivity contribution in [3.05, 3.63) is 12.2 Å². The Hall–Kier alpha value is -0.420. The van der Waals surface area contributed by atoms with Crippen LogP contribution in [0.2, 0.25) is 0 Å². The molecule has 0 spiro atoms. The summed E-state index contributed by atoms with van der Waals surface area (Å²) in [5.41, 5.74) is 0.624. The van der Waals surface area contributed by atoms with E-state index < -0.39 is 0 Å². The van der Waals surface area contributed by atoms with E-state index in [2.05, 4.69) is 27.4 Å². The summed E-state index contributed by atoms with van der Waals surface area (Å²) in [7, 11) is 0. The largest absolute Gasteiger partial charge is 0.373 e. The molecule has 0 aromatic carbocycles. The minimum Gasteiger partial charge on any atom is -0.373 e. The Bertz CT molecular complexity index is 343. The lowest BCUT2D eigenvalue weighted by molar-refractivity contribution is -0.153. The Morgan fingerprint density at radius 2 is 1.81 bits per heavy atom. The van der Waals surface area contributed by atoms with Gasteiger partial charge in [0.2, 0.25) is 0 Å². The van der Waals surface area contributed by atoms with Crippen LogP contribution in [0.15, 0.2) is 12.2 Å². The molecule has 124 valence electrons. The van der Waals surface area contributed by atoms with Crippen molar-refractivity contribution in [3.8, 4) is 0 Å². The van der Waals surface area contributed by atoms with E-state index in [1.54, 1.807) is 0 Å². The smallest absolute Gasteiger partial charge is 0.188 e. The lowest BCUT2D eigenvalue weighted by atomic mass is 10.1. The van der Waals surface area contributed by atoms with Gasteiger partial charge in [-0.05, 0) is 53.5 Å². The molecule has 1 rings (SSSR count). The Morgan fingerprint density at radius 1 is 1.19 bits per heavy atom. The van der Waals surface area contributed by atoms with Crippen molar-refractivity contribution in [1.29, 1.82) is 0 Å². The summed E-state index contributed by atoms with van der Waals surface area (Å²) < 4.78 is 23.1. The first-order valence-corrected chi connectivity index (χ1v) is 7.78. The van der Waals surface area contributed by atoms with Crippen molar-refractivity contribution < 1.29 is 18.9 Å². The molecule has 1 fully saturated rings. The van der Waals surface area contributed by atoms with E-state index in [9.17, 15) is 0 Å². The zero-order valence-electron chi connectivity index (χ0n) is 14.7. The molecule has 0 saturated carbocycles. The molecule has 4 heteroatoms. The van der Waals surface area contributed by atoms with Gasteiger partial charge in [0.15, 0.2) is 6.29 Å². The summed E-state index contributed by atoms with van der Waals surface area (Å²) in [5, 5.41) is 0. The van der Waals surface area contributed by atoms with E-state index in [0.29, 0.717) is 13.2 Å². The van der Waals surface area contributed by atoms with Crippen LogP contribution in [-0.4, -0.2) is 42.9 Å². The fourth-order valence-electron chi connectivity index (χ4n) is 1.77. The standard InChI is InChI=1S/C17H32O4/c1-9-17(7,8)21-13(11-19-16(4,5)6)10-18-15-14(20-15)12(2)3/h13-15H,2,9-11H2,1,3-8H3. The van der Waals surface area contributed by atoms with Gasteiger partial charge in [0.25, 0.3) is 0 Å². The van der Waals surface area contributed by atoms with E-state index in [1.165, 1.54) is 0 Å². The van der Waals surface area contributed by atoms with Crippen molar-refractivity contribution in [2.24, 2.45) is 0 Å². The highest BCUT2D eigenvalue weighted by Crippen LogP contribution is 2.29. The van der Waals surface area contributed by atoms with E-state index in [0.717, 1.165) is 12.0 Å². The van der Waals surface area contributed by atoms with Gasteiger partial charge in [-0.1, -0.05) is 13.5 Å². The van der Waals surface area contributed by atoms with Gasteiger partial charge in [0, 0.05) is 0 Å². The van der Waals surface area contributed by atoms with Crippen LogP contribution in [0.3, 0.4) is 0 Å². The van der Waals surface area contributed by atoms with E-state index >= 15 is 0 Å². The Balaban J connectivity index is 2.46. The van der Waals surface area contributed by atoms with Crippen LogP contribution in [0.1, 0.15) is 54.9 Å². The number of epoxide rings is 1. The molecular weight excluding hydrogens is 268 g/mol. The zero-order chi connectivity index (χ0) is 16.3. The predicted octanol–water partition coefficient (Wildman–Crippen LogP) is 3.69.